The second kappa shape index (κ2) is 4.11. The first-order chi connectivity index (χ1) is 6.08. The Morgan fingerprint density at radius 1 is 1.85 bits per heavy atom. The Balaban J connectivity index is 2.78. The third kappa shape index (κ3) is 2.71. The van der Waals surface area contributed by atoms with Crippen LogP contribution in [0.4, 0.5) is 0 Å². The Bertz CT molecular complexity index is 269. The van der Waals surface area contributed by atoms with Gasteiger partial charge in [0.2, 0.25) is 0 Å². The van der Waals surface area contributed by atoms with Gasteiger partial charge in [-0.3, -0.25) is 0 Å². The highest BCUT2D eigenvalue weighted by Crippen LogP contribution is 2.27. The molecular weight excluding hydrogens is 204 g/mol. The van der Waals surface area contributed by atoms with Crippen molar-refractivity contribution in [3.8, 4) is 0 Å². The molecule has 1 aliphatic rings. The van der Waals surface area contributed by atoms with Gasteiger partial charge in [-0.25, -0.2) is 0 Å². The summed E-state index contributed by atoms with van der Waals surface area (Å²) in [6.07, 6.45) is 7.53. The molecule has 4 heteroatoms. The van der Waals surface area contributed by atoms with Gasteiger partial charge in [0.25, 0.3) is 0 Å². The molecule has 0 fully saturated rings. The zero-order valence-electron chi connectivity index (χ0n) is 7.51. The van der Waals surface area contributed by atoms with Crippen molar-refractivity contribution in [1.82, 2.24) is 5.32 Å². The van der Waals surface area contributed by atoms with Crippen LogP contribution in [0.5, 0.6) is 0 Å². The van der Waals surface area contributed by atoms with Gasteiger partial charge in [0.1, 0.15) is 0 Å². The van der Waals surface area contributed by atoms with Crippen molar-refractivity contribution in [2.75, 3.05) is 0 Å². The zero-order chi connectivity index (χ0) is 9.90. The molecule has 1 atom stereocenters. The maximum Gasteiger partial charge on any atom is 0.164 e. The molecule has 0 aromatic carbocycles. The second-order valence-electron chi connectivity index (χ2n) is 3.15. The Kier molecular flexibility index (Phi) is 3.33. The minimum absolute atomic E-state index is 0.183. The van der Waals surface area contributed by atoms with E-state index in [1.165, 1.54) is 0 Å². The van der Waals surface area contributed by atoms with Gasteiger partial charge >= 0.3 is 0 Å². The predicted molar refractivity (Wildman–Crippen MR) is 60.6 cm³/mol. The summed E-state index contributed by atoms with van der Waals surface area (Å²) in [5.41, 5.74) is 5.27. The molecule has 2 nitrogen and oxygen atoms in total. The van der Waals surface area contributed by atoms with E-state index in [9.17, 15) is 0 Å². The van der Waals surface area contributed by atoms with Crippen molar-refractivity contribution in [3.05, 3.63) is 23.3 Å². The van der Waals surface area contributed by atoms with E-state index in [1.807, 2.05) is 12.2 Å². The zero-order valence-corrected chi connectivity index (χ0v) is 9.08. The number of allylic oxidation sites excluding steroid dienone is 2. The molecule has 0 aliphatic heterocycles. The van der Waals surface area contributed by atoms with Crippen LogP contribution in [0.15, 0.2) is 23.3 Å². The molecule has 1 rings (SSSR count). The first-order valence-corrected chi connectivity index (χ1v) is 4.98. The topological polar surface area (TPSA) is 38.0 Å². The maximum atomic E-state index is 5.95. The van der Waals surface area contributed by atoms with Crippen LogP contribution in [0.25, 0.3) is 0 Å². The molecule has 3 N–H and O–H groups in total. The van der Waals surface area contributed by atoms with E-state index in [0.29, 0.717) is 5.11 Å². The smallest absolute Gasteiger partial charge is 0.164 e. The highest BCUT2D eigenvalue weighted by molar-refractivity contribution is 7.80. The van der Waals surface area contributed by atoms with Crippen LogP contribution in [0.3, 0.4) is 0 Å². The van der Waals surface area contributed by atoms with E-state index in [1.54, 1.807) is 0 Å². The first kappa shape index (κ1) is 10.5. The molecule has 0 spiro atoms. The molecule has 0 saturated heterocycles. The summed E-state index contributed by atoms with van der Waals surface area (Å²) in [6, 6.07) is 0. The number of halogens is 1. The SMILES string of the molecule is CCC1(NC(N)=S)C=CC=C(Cl)C1. The number of nitrogens with one attached hydrogen (secondary N) is 1. The molecule has 0 amide bonds. The number of thiocarbonyl (C=S) groups is 1. The summed E-state index contributed by atoms with van der Waals surface area (Å²) in [6.45, 7) is 2.07. The summed E-state index contributed by atoms with van der Waals surface area (Å²) in [4.78, 5) is 0. The van der Waals surface area contributed by atoms with Gasteiger partial charge in [-0.1, -0.05) is 30.7 Å². The minimum Gasteiger partial charge on any atom is -0.376 e. The summed E-state index contributed by atoms with van der Waals surface area (Å²) >= 11 is 10.8. The molecule has 72 valence electrons. The van der Waals surface area contributed by atoms with E-state index in [0.717, 1.165) is 17.9 Å². The molecule has 0 saturated carbocycles. The normalized spacial score (nSPS) is 26.8. The molecule has 13 heavy (non-hydrogen) atoms. The van der Waals surface area contributed by atoms with Crippen LogP contribution < -0.4 is 11.1 Å². The Morgan fingerprint density at radius 3 is 3.00 bits per heavy atom. The fraction of sp³-hybridized carbons (Fsp3) is 0.444. The summed E-state index contributed by atoms with van der Waals surface area (Å²) in [5, 5.41) is 4.22. The van der Waals surface area contributed by atoms with Gasteiger partial charge in [0.15, 0.2) is 5.11 Å². The number of nitrogens with two attached hydrogens (primary N) is 1. The highest BCUT2D eigenvalue weighted by atomic mass is 35.5. The predicted octanol–water partition coefficient (Wildman–Crippen LogP) is 2.05. The Hall–Kier alpha value is -0.540. The molecule has 0 radical (unpaired) electrons. The van der Waals surface area contributed by atoms with E-state index < -0.39 is 0 Å². The highest BCUT2D eigenvalue weighted by Gasteiger charge is 2.27. The van der Waals surface area contributed by atoms with Gasteiger partial charge in [-0.05, 0) is 24.7 Å². The summed E-state index contributed by atoms with van der Waals surface area (Å²) in [7, 11) is 0. The van der Waals surface area contributed by atoms with E-state index in [2.05, 4.69) is 18.3 Å². The lowest BCUT2D eigenvalue weighted by Gasteiger charge is -2.32. The summed E-state index contributed by atoms with van der Waals surface area (Å²) in [5.74, 6) is 0. The van der Waals surface area contributed by atoms with E-state index in [-0.39, 0.29) is 5.54 Å². The monoisotopic (exact) mass is 216 g/mol. The number of rotatable bonds is 2. The molecule has 0 aromatic rings. The standard InChI is InChI=1S/C9H13ClN2S/c1-2-9(12-8(11)13)5-3-4-7(10)6-9/h3-5H,2,6H2,1H3,(H3,11,12,13). The number of hydrogen-bond donors (Lipinski definition) is 2. The third-order valence-corrected chi connectivity index (χ3v) is 2.54. The largest absolute Gasteiger partial charge is 0.376 e. The van der Waals surface area contributed by atoms with Crippen LogP contribution in [-0.4, -0.2) is 10.7 Å². The minimum atomic E-state index is -0.183. The average molecular weight is 217 g/mol. The molecule has 0 bridgehead atoms. The summed E-state index contributed by atoms with van der Waals surface area (Å²) < 4.78 is 0. The van der Waals surface area contributed by atoms with Crippen molar-refractivity contribution in [2.24, 2.45) is 5.73 Å². The first-order valence-electron chi connectivity index (χ1n) is 4.19. The Morgan fingerprint density at radius 2 is 2.54 bits per heavy atom. The van der Waals surface area contributed by atoms with Gasteiger partial charge in [-0.2, -0.15) is 0 Å². The quantitative estimate of drug-likeness (QED) is 0.694. The number of hydrogen-bond acceptors (Lipinski definition) is 1. The van der Waals surface area contributed by atoms with Gasteiger partial charge in [0.05, 0.1) is 5.54 Å². The second-order valence-corrected chi connectivity index (χ2v) is 4.07. The maximum absolute atomic E-state index is 5.95. The molecule has 0 heterocycles. The molecule has 0 aromatic heterocycles. The molecular formula is C9H13ClN2S. The van der Waals surface area contributed by atoms with Crippen molar-refractivity contribution in [2.45, 2.75) is 25.3 Å². The van der Waals surface area contributed by atoms with E-state index >= 15 is 0 Å². The molecule has 1 unspecified atom stereocenters. The fourth-order valence-corrected chi connectivity index (χ4v) is 1.93. The van der Waals surface area contributed by atoms with Gasteiger partial charge in [0, 0.05) is 11.5 Å². The van der Waals surface area contributed by atoms with Crippen LogP contribution in [0, 0.1) is 0 Å². The van der Waals surface area contributed by atoms with Crippen LogP contribution in [0.2, 0.25) is 0 Å². The lowest BCUT2D eigenvalue weighted by molar-refractivity contribution is 0.455. The Labute approximate surface area is 88.8 Å². The fourth-order valence-electron chi connectivity index (χ4n) is 1.42. The van der Waals surface area contributed by atoms with Crippen molar-refractivity contribution in [1.29, 1.82) is 0 Å². The van der Waals surface area contributed by atoms with Crippen molar-refractivity contribution in [3.63, 3.8) is 0 Å². The lowest BCUT2D eigenvalue weighted by atomic mass is 9.88. The van der Waals surface area contributed by atoms with Crippen LogP contribution in [-0.2, 0) is 0 Å². The van der Waals surface area contributed by atoms with Crippen molar-refractivity contribution < 1.29 is 0 Å². The van der Waals surface area contributed by atoms with E-state index in [4.69, 9.17) is 29.6 Å². The lowest BCUT2D eigenvalue weighted by Crippen LogP contribution is -2.49. The van der Waals surface area contributed by atoms with Gasteiger partial charge in [-0.15, -0.1) is 0 Å². The third-order valence-electron chi connectivity index (χ3n) is 2.18. The van der Waals surface area contributed by atoms with Crippen molar-refractivity contribution >= 4 is 28.9 Å². The average Bonchev–Trinajstić information content (AvgIpc) is 2.03. The van der Waals surface area contributed by atoms with Gasteiger partial charge < -0.3 is 11.1 Å². The van der Waals surface area contributed by atoms with Crippen LogP contribution in [0.1, 0.15) is 19.8 Å². The molecule has 1 aliphatic carbocycles. The van der Waals surface area contributed by atoms with Crippen LogP contribution >= 0.6 is 23.8 Å².